The summed E-state index contributed by atoms with van der Waals surface area (Å²) in [4.78, 5) is 23.7. The minimum Gasteiger partial charge on any atom is -0.306 e. The van der Waals surface area contributed by atoms with Gasteiger partial charge in [-0.05, 0) is 19.4 Å². The molecule has 0 bridgehead atoms. The zero-order valence-electron chi connectivity index (χ0n) is 12.9. The number of hydrogen-bond donors (Lipinski definition) is 1. The van der Waals surface area contributed by atoms with Crippen LogP contribution in [0.15, 0.2) is 40.1 Å². The van der Waals surface area contributed by atoms with Gasteiger partial charge in [0.25, 0.3) is 5.56 Å². The molecule has 0 amide bonds. The van der Waals surface area contributed by atoms with E-state index in [-0.39, 0.29) is 17.3 Å². The molecule has 2 rings (SSSR count). The number of rotatable bonds is 4. The zero-order valence-corrected chi connectivity index (χ0v) is 12.9. The van der Waals surface area contributed by atoms with E-state index in [1.165, 1.54) is 22.7 Å². The summed E-state index contributed by atoms with van der Waals surface area (Å²) < 4.78 is 2.56. The molecule has 1 atom stereocenters. The topological polar surface area (TPSA) is 56.0 Å². The lowest BCUT2D eigenvalue weighted by molar-refractivity contribution is 0.558. The normalized spacial score (nSPS) is 12.4. The predicted octanol–water partition coefficient (Wildman–Crippen LogP) is 1.24. The van der Waals surface area contributed by atoms with Crippen LogP contribution >= 0.6 is 0 Å². The van der Waals surface area contributed by atoms with Crippen molar-refractivity contribution in [1.82, 2.24) is 14.5 Å². The van der Waals surface area contributed by atoms with Crippen molar-refractivity contribution in [3.63, 3.8) is 0 Å². The average Bonchev–Trinajstić information content (AvgIpc) is 2.48. The first kappa shape index (κ1) is 15.3. The van der Waals surface area contributed by atoms with Crippen molar-refractivity contribution in [2.75, 3.05) is 0 Å². The molecule has 0 aliphatic rings. The molecule has 1 aromatic heterocycles. The maximum Gasteiger partial charge on any atom is 0.330 e. The van der Waals surface area contributed by atoms with Crippen LogP contribution in [0.3, 0.4) is 0 Å². The summed E-state index contributed by atoms with van der Waals surface area (Å²) >= 11 is 0. The van der Waals surface area contributed by atoms with Crippen LogP contribution in [0.5, 0.6) is 0 Å². The SMILES string of the molecule is Cc1ccc([C@@H](C)NCc2cn(C)c(=O)n(C)c2=O)cc1. The van der Waals surface area contributed by atoms with Crippen LogP contribution in [0.4, 0.5) is 0 Å². The standard InChI is InChI=1S/C16H21N3O2/c1-11-5-7-13(8-6-11)12(2)17-9-14-10-18(3)16(21)19(4)15(14)20/h5-8,10,12,17H,9H2,1-4H3/t12-/m1/s1. The van der Waals surface area contributed by atoms with E-state index in [2.05, 4.69) is 43.4 Å². The largest absolute Gasteiger partial charge is 0.330 e. The third kappa shape index (κ3) is 3.31. The van der Waals surface area contributed by atoms with E-state index in [9.17, 15) is 9.59 Å². The first-order chi connectivity index (χ1) is 9.90. The fourth-order valence-electron chi connectivity index (χ4n) is 2.24. The highest BCUT2D eigenvalue weighted by Gasteiger charge is 2.09. The molecule has 21 heavy (non-hydrogen) atoms. The van der Waals surface area contributed by atoms with Gasteiger partial charge in [0.05, 0.1) is 0 Å². The van der Waals surface area contributed by atoms with Gasteiger partial charge in [-0.25, -0.2) is 4.79 Å². The summed E-state index contributed by atoms with van der Waals surface area (Å²) in [5, 5.41) is 3.32. The number of benzene rings is 1. The van der Waals surface area contributed by atoms with E-state index in [0.717, 1.165) is 4.57 Å². The molecular weight excluding hydrogens is 266 g/mol. The van der Waals surface area contributed by atoms with Crippen LogP contribution in [0.1, 0.15) is 29.7 Å². The number of hydrogen-bond acceptors (Lipinski definition) is 3. The molecular formula is C16H21N3O2. The number of nitrogens with zero attached hydrogens (tertiary/aromatic N) is 2. The van der Waals surface area contributed by atoms with Gasteiger partial charge < -0.3 is 9.88 Å². The van der Waals surface area contributed by atoms with Crippen LogP contribution in [-0.2, 0) is 20.6 Å². The Bertz CT molecular complexity index is 742. The molecule has 1 aromatic carbocycles. The Morgan fingerprint density at radius 3 is 2.38 bits per heavy atom. The van der Waals surface area contributed by atoms with Crippen molar-refractivity contribution < 1.29 is 0 Å². The van der Waals surface area contributed by atoms with Gasteiger partial charge in [0, 0.05) is 38.4 Å². The smallest absolute Gasteiger partial charge is 0.306 e. The Hall–Kier alpha value is -2.14. The van der Waals surface area contributed by atoms with Crippen molar-refractivity contribution in [3.05, 3.63) is 68.0 Å². The van der Waals surface area contributed by atoms with E-state index < -0.39 is 0 Å². The molecule has 112 valence electrons. The van der Waals surface area contributed by atoms with E-state index >= 15 is 0 Å². The van der Waals surface area contributed by atoms with Crippen LogP contribution in [0, 0.1) is 6.92 Å². The maximum absolute atomic E-state index is 12.0. The van der Waals surface area contributed by atoms with Crippen molar-refractivity contribution in [1.29, 1.82) is 0 Å². The molecule has 5 nitrogen and oxygen atoms in total. The second kappa shape index (κ2) is 6.10. The zero-order chi connectivity index (χ0) is 15.6. The monoisotopic (exact) mass is 287 g/mol. The van der Waals surface area contributed by atoms with Gasteiger partial charge in [0.1, 0.15) is 0 Å². The van der Waals surface area contributed by atoms with Crippen molar-refractivity contribution >= 4 is 0 Å². The van der Waals surface area contributed by atoms with Gasteiger partial charge in [-0.3, -0.25) is 9.36 Å². The second-order valence-electron chi connectivity index (χ2n) is 5.43. The predicted molar refractivity (Wildman–Crippen MR) is 83.4 cm³/mol. The van der Waals surface area contributed by atoms with Crippen molar-refractivity contribution in [2.24, 2.45) is 14.1 Å². The molecule has 0 spiro atoms. The van der Waals surface area contributed by atoms with Gasteiger partial charge in [-0.15, -0.1) is 0 Å². The Morgan fingerprint density at radius 2 is 1.76 bits per heavy atom. The van der Waals surface area contributed by atoms with E-state index in [1.807, 2.05) is 0 Å². The minimum absolute atomic E-state index is 0.132. The Morgan fingerprint density at radius 1 is 1.14 bits per heavy atom. The molecule has 0 saturated heterocycles. The second-order valence-corrected chi connectivity index (χ2v) is 5.43. The molecule has 1 heterocycles. The first-order valence-electron chi connectivity index (χ1n) is 6.95. The third-order valence-corrected chi connectivity index (χ3v) is 3.69. The Balaban J connectivity index is 2.15. The lowest BCUT2D eigenvalue weighted by Crippen LogP contribution is -2.39. The van der Waals surface area contributed by atoms with Crippen LogP contribution in [0.2, 0.25) is 0 Å². The van der Waals surface area contributed by atoms with E-state index in [1.54, 1.807) is 13.2 Å². The molecule has 0 aliphatic heterocycles. The average molecular weight is 287 g/mol. The lowest BCUT2D eigenvalue weighted by Gasteiger charge is -2.15. The molecule has 5 heteroatoms. The Kier molecular flexibility index (Phi) is 4.43. The summed E-state index contributed by atoms with van der Waals surface area (Å²) in [5.41, 5.74) is 2.41. The van der Waals surface area contributed by atoms with Gasteiger partial charge in [0.2, 0.25) is 0 Å². The fraction of sp³-hybridized carbons (Fsp3) is 0.375. The number of aryl methyl sites for hydroxylation is 2. The lowest BCUT2D eigenvalue weighted by atomic mass is 10.1. The van der Waals surface area contributed by atoms with Crippen molar-refractivity contribution in [2.45, 2.75) is 26.4 Å². The number of aromatic nitrogens is 2. The third-order valence-electron chi connectivity index (χ3n) is 3.69. The van der Waals surface area contributed by atoms with Gasteiger partial charge in [-0.1, -0.05) is 29.8 Å². The number of nitrogens with one attached hydrogen (secondary N) is 1. The Labute approximate surface area is 123 Å². The quantitative estimate of drug-likeness (QED) is 0.920. The van der Waals surface area contributed by atoms with Gasteiger partial charge in [-0.2, -0.15) is 0 Å². The highest BCUT2D eigenvalue weighted by molar-refractivity contribution is 5.23. The van der Waals surface area contributed by atoms with Gasteiger partial charge >= 0.3 is 5.69 Å². The van der Waals surface area contributed by atoms with Crippen LogP contribution < -0.4 is 16.6 Å². The van der Waals surface area contributed by atoms with Crippen molar-refractivity contribution in [3.8, 4) is 0 Å². The molecule has 0 fully saturated rings. The maximum atomic E-state index is 12.0. The fourth-order valence-corrected chi connectivity index (χ4v) is 2.24. The van der Waals surface area contributed by atoms with Gasteiger partial charge in [0.15, 0.2) is 0 Å². The highest BCUT2D eigenvalue weighted by Crippen LogP contribution is 2.13. The summed E-state index contributed by atoms with van der Waals surface area (Å²) in [6.07, 6.45) is 1.60. The highest BCUT2D eigenvalue weighted by atomic mass is 16.2. The molecule has 0 aliphatic carbocycles. The molecule has 2 aromatic rings. The van der Waals surface area contributed by atoms with Crippen LogP contribution in [0.25, 0.3) is 0 Å². The molecule has 0 unspecified atom stereocenters. The molecule has 0 radical (unpaired) electrons. The summed E-state index contributed by atoms with van der Waals surface area (Å²) in [6.45, 7) is 4.53. The van der Waals surface area contributed by atoms with E-state index in [0.29, 0.717) is 12.1 Å². The summed E-state index contributed by atoms with van der Waals surface area (Å²) in [6, 6.07) is 8.42. The molecule has 0 saturated carbocycles. The summed E-state index contributed by atoms with van der Waals surface area (Å²) in [5.74, 6) is 0. The van der Waals surface area contributed by atoms with Crippen LogP contribution in [-0.4, -0.2) is 9.13 Å². The minimum atomic E-state index is -0.310. The molecule has 1 N–H and O–H groups in total. The van der Waals surface area contributed by atoms with E-state index in [4.69, 9.17) is 0 Å². The first-order valence-corrected chi connectivity index (χ1v) is 6.95. The summed E-state index contributed by atoms with van der Waals surface area (Å²) in [7, 11) is 3.15.